The molecule has 2 rings (SSSR count). The van der Waals surface area contributed by atoms with Gasteiger partial charge in [0, 0.05) is 13.2 Å². The third-order valence-corrected chi connectivity index (χ3v) is 3.09. The van der Waals surface area contributed by atoms with Crippen LogP contribution in [0.4, 0.5) is 0 Å². The first-order chi connectivity index (χ1) is 7.74. The van der Waals surface area contributed by atoms with Crippen molar-refractivity contribution in [2.45, 2.75) is 25.8 Å². The molecule has 1 N–H and O–H groups in total. The third-order valence-electron chi connectivity index (χ3n) is 3.09. The summed E-state index contributed by atoms with van der Waals surface area (Å²) < 4.78 is 5.24. The van der Waals surface area contributed by atoms with Crippen molar-refractivity contribution < 1.29 is 14.3 Å². The zero-order valence-corrected chi connectivity index (χ0v) is 9.57. The second-order valence-electron chi connectivity index (χ2n) is 4.28. The third kappa shape index (κ3) is 2.35. The van der Waals surface area contributed by atoms with E-state index in [2.05, 4.69) is 5.32 Å². The fourth-order valence-electron chi connectivity index (χ4n) is 2.12. The van der Waals surface area contributed by atoms with E-state index >= 15 is 0 Å². The first-order valence-electron chi connectivity index (χ1n) is 5.89. The highest BCUT2D eigenvalue weighted by Crippen LogP contribution is 2.36. The first-order valence-corrected chi connectivity index (χ1v) is 5.89. The summed E-state index contributed by atoms with van der Waals surface area (Å²) in [5.74, 6) is 0.376. The quantitative estimate of drug-likeness (QED) is 0.658. The molecule has 0 aromatic rings. The normalized spacial score (nSPS) is 25.8. The molecule has 0 aromatic carbocycles. The predicted molar refractivity (Wildman–Crippen MR) is 57.7 cm³/mol. The van der Waals surface area contributed by atoms with Gasteiger partial charge in [-0.15, -0.1) is 0 Å². The van der Waals surface area contributed by atoms with E-state index in [1.165, 1.54) is 0 Å². The molecule has 0 bridgehead atoms. The number of ether oxygens (including phenoxy) is 1. The molecule has 1 atom stereocenters. The molecule has 1 unspecified atom stereocenters. The molecule has 2 amide bonds. The Labute approximate surface area is 95.1 Å². The van der Waals surface area contributed by atoms with Crippen molar-refractivity contribution in [3.63, 3.8) is 0 Å². The molecule has 0 spiro atoms. The van der Waals surface area contributed by atoms with Crippen molar-refractivity contribution in [3.05, 3.63) is 0 Å². The second-order valence-corrected chi connectivity index (χ2v) is 4.28. The van der Waals surface area contributed by atoms with Gasteiger partial charge >= 0.3 is 0 Å². The molecular weight excluding hydrogens is 208 g/mol. The number of carbonyl (C=O) groups excluding carboxylic acids is 2. The molecule has 1 heterocycles. The Bertz CT molecular complexity index is 289. The minimum atomic E-state index is -0.248. The number of nitrogens with zero attached hydrogens (tertiary/aromatic N) is 1. The number of amides is 2. The monoisotopic (exact) mass is 226 g/mol. The average Bonchev–Trinajstić information content (AvgIpc) is 3.07. The predicted octanol–water partition coefficient (Wildman–Crippen LogP) is -0.240. The van der Waals surface area contributed by atoms with Gasteiger partial charge in [0.15, 0.2) is 0 Å². The van der Waals surface area contributed by atoms with Gasteiger partial charge in [0.1, 0.15) is 6.04 Å². The first kappa shape index (κ1) is 11.4. The maximum Gasteiger partial charge on any atom is 0.243 e. The topological polar surface area (TPSA) is 58.6 Å². The van der Waals surface area contributed by atoms with Gasteiger partial charge in [-0.2, -0.15) is 0 Å². The molecule has 5 heteroatoms. The maximum atomic E-state index is 11.7. The number of rotatable bonds is 5. The molecule has 1 saturated carbocycles. The van der Waals surface area contributed by atoms with Crippen LogP contribution in [0.5, 0.6) is 0 Å². The van der Waals surface area contributed by atoms with Gasteiger partial charge in [-0.25, -0.2) is 0 Å². The second kappa shape index (κ2) is 4.82. The van der Waals surface area contributed by atoms with Gasteiger partial charge in [-0.05, 0) is 25.7 Å². The Morgan fingerprint density at radius 1 is 1.44 bits per heavy atom. The summed E-state index contributed by atoms with van der Waals surface area (Å²) in [6.45, 7) is 3.74. The van der Waals surface area contributed by atoms with E-state index < -0.39 is 0 Å². The zero-order valence-electron chi connectivity index (χ0n) is 9.57. The van der Waals surface area contributed by atoms with Crippen molar-refractivity contribution >= 4 is 11.8 Å². The van der Waals surface area contributed by atoms with E-state index in [1.807, 2.05) is 6.92 Å². The number of piperazine rings is 1. The Morgan fingerprint density at radius 3 is 2.81 bits per heavy atom. The SMILES string of the molecule is CCOCCN1C(=O)CNC(=O)C1C1CC1. The summed E-state index contributed by atoms with van der Waals surface area (Å²) in [6, 6.07) is -0.248. The molecule has 2 fully saturated rings. The lowest BCUT2D eigenvalue weighted by atomic mass is 10.1. The maximum absolute atomic E-state index is 11.7. The van der Waals surface area contributed by atoms with E-state index in [-0.39, 0.29) is 24.4 Å². The Balaban J connectivity index is 1.97. The zero-order chi connectivity index (χ0) is 11.5. The van der Waals surface area contributed by atoms with E-state index in [0.29, 0.717) is 25.7 Å². The van der Waals surface area contributed by atoms with Gasteiger partial charge in [0.25, 0.3) is 0 Å². The van der Waals surface area contributed by atoms with Crippen LogP contribution in [0.15, 0.2) is 0 Å². The smallest absolute Gasteiger partial charge is 0.243 e. The molecule has 90 valence electrons. The van der Waals surface area contributed by atoms with Gasteiger partial charge in [0.2, 0.25) is 11.8 Å². The van der Waals surface area contributed by atoms with E-state index in [0.717, 1.165) is 12.8 Å². The van der Waals surface area contributed by atoms with Crippen LogP contribution in [0.25, 0.3) is 0 Å². The molecule has 16 heavy (non-hydrogen) atoms. The number of hydrogen-bond donors (Lipinski definition) is 1. The lowest BCUT2D eigenvalue weighted by Crippen LogP contribution is -2.59. The Kier molecular flexibility index (Phi) is 3.43. The van der Waals surface area contributed by atoms with Crippen molar-refractivity contribution in [1.82, 2.24) is 10.2 Å². The van der Waals surface area contributed by atoms with Crippen LogP contribution in [0.1, 0.15) is 19.8 Å². The molecule has 1 aliphatic carbocycles. The summed E-state index contributed by atoms with van der Waals surface area (Å²) in [4.78, 5) is 25.1. The number of nitrogens with one attached hydrogen (secondary N) is 1. The number of carbonyl (C=O) groups is 2. The van der Waals surface area contributed by atoms with E-state index in [9.17, 15) is 9.59 Å². The minimum Gasteiger partial charge on any atom is -0.380 e. The van der Waals surface area contributed by atoms with Gasteiger partial charge in [-0.1, -0.05) is 0 Å². The van der Waals surface area contributed by atoms with Crippen LogP contribution in [0, 0.1) is 5.92 Å². The van der Waals surface area contributed by atoms with Crippen molar-refractivity contribution in [2.75, 3.05) is 26.3 Å². The summed E-state index contributed by atoms with van der Waals surface area (Å²) in [7, 11) is 0. The summed E-state index contributed by atoms with van der Waals surface area (Å²) in [6.07, 6.45) is 2.10. The van der Waals surface area contributed by atoms with Crippen molar-refractivity contribution in [3.8, 4) is 0 Å². The Morgan fingerprint density at radius 2 is 2.19 bits per heavy atom. The van der Waals surface area contributed by atoms with Crippen LogP contribution >= 0.6 is 0 Å². The van der Waals surface area contributed by atoms with Gasteiger partial charge in [-0.3, -0.25) is 9.59 Å². The molecule has 1 aliphatic heterocycles. The number of hydrogen-bond acceptors (Lipinski definition) is 3. The highest BCUT2D eigenvalue weighted by Gasteiger charge is 2.44. The average molecular weight is 226 g/mol. The van der Waals surface area contributed by atoms with Gasteiger partial charge < -0.3 is 15.0 Å². The van der Waals surface area contributed by atoms with Crippen LogP contribution in [-0.4, -0.2) is 49.1 Å². The largest absolute Gasteiger partial charge is 0.380 e. The van der Waals surface area contributed by atoms with Crippen LogP contribution < -0.4 is 5.32 Å². The van der Waals surface area contributed by atoms with Gasteiger partial charge in [0.05, 0.1) is 13.2 Å². The van der Waals surface area contributed by atoms with Crippen LogP contribution in [0.2, 0.25) is 0 Å². The fraction of sp³-hybridized carbons (Fsp3) is 0.818. The highest BCUT2D eigenvalue weighted by molar-refractivity contribution is 5.95. The standard InChI is InChI=1S/C11H18N2O3/c1-2-16-6-5-13-9(14)7-12-11(15)10(13)8-3-4-8/h8,10H,2-7H2,1H3,(H,12,15). The summed E-state index contributed by atoms with van der Waals surface area (Å²) in [5, 5.41) is 2.65. The summed E-state index contributed by atoms with van der Waals surface area (Å²) in [5.41, 5.74) is 0. The van der Waals surface area contributed by atoms with Crippen molar-refractivity contribution in [2.24, 2.45) is 5.92 Å². The van der Waals surface area contributed by atoms with Crippen LogP contribution in [-0.2, 0) is 14.3 Å². The molecule has 0 radical (unpaired) electrons. The molecule has 1 saturated heterocycles. The highest BCUT2D eigenvalue weighted by atomic mass is 16.5. The molecule has 5 nitrogen and oxygen atoms in total. The minimum absolute atomic E-state index is 0.00130. The van der Waals surface area contributed by atoms with Crippen molar-refractivity contribution in [1.29, 1.82) is 0 Å². The van der Waals surface area contributed by atoms with Crippen LogP contribution in [0.3, 0.4) is 0 Å². The van der Waals surface area contributed by atoms with E-state index in [4.69, 9.17) is 4.74 Å². The fourth-order valence-corrected chi connectivity index (χ4v) is 2.12. The lowest BCUT2D eigenvalue weighted by Gasteiger charge is -2.35. The van der Waals surface area contributed by atoms with E-state index in [1.54, 1.807) is 4.90 Å². The molecule has 2 aliphatic rings. The lowest BCUT2D eigenvalue weighted by molar-refractivity contribution is -0.147. The Hall–Kier alpha value is -1.10. The summed E-state index contributed by atoms with van der Waals surface area (Å²) >= 11 is 0. The molecular formula is C11H18N2O3. The molecule has 0 aromatic heterocycles.